The minimum Gasteiger partial charge on any atom is -0.395 e. The van der Waals surface area contributed by atoms with Crippen LogP contribution >= 0.6 is 0 Å². The number of rotatable bonds is 4. The summed E-state index contributed by atoms with van der Waals surface area (Å²) in [5, 5.41) is 60.6. The average molecular weight is 309 g/mol. The number of aliphatic hydroxyl groups excluding tert-OH is 6. The summed E-state index contributed by atoms with van der Waals surface area (Å²) in [6.45, 7) is -0.320. The number of aliphatic hydroxyl groups is 6. The van der Waals surface area contributed by atoms with Crippen molar-refractivity contribution in [1.82, 2.24) is 5.32 Å². The molecule has 1 unspecified atom stereocenters. The quantitative estimate of drug-likeness (QED) is 0.275. The molecule has 9 nitrogen and oxygen atoms in total. The molecule has 0 aliphatic carbocycles. The summed E-state index contributed by atoms with van der Waals surface area (Å²) in [4.78, 5) is 0. The van der Waals surface area contributed by atoms with Crippen LogP contribution in [0.15, 0.2) is 0 Å². The molecular weight excluding hydrogens is 286 g/mol. The summed E-state index contributed by atoms with van der Waals surface area (Å²) < 4.78 is 10.7. The summed E-state index contributed by atoms with van der Waals surface area (Å²) in [5.74, 6) is 0. The molecule has 0 bridgehead atoms. The van der Waals surface area contributed by atoms with Crippen LogP contribution in [-0.2, 0) is 9.47 Å². The third kappa shape index (κ3) is 3.52. The van der Waals surface area contributed by atoms with E-state index < -0.39 is 55.6 Å². The zero-order valence-electron chi connectivity index (χ0n) is 11.4. The smallest absolute Gasteiger partial charge is 0.187 e. The van der Waals surface area contributed by atoms with Gasteiger partial charge in [-0.3, -0.25) is 0 Å². The van der Waals surface area contributed by atoms with Gasteiger partial charge in [-0.1, -0.05) is 0 Å². The van der Waals surface area contributed by atoms with Gasteiger partial charge in [0.05, 0.1) is 25.4 Å². The van der Waals surface area contributed by atoms with Crippen LogP contribution < -0.4 is 5.32 Å². The van der Waals surface area contributed by atoms with Crippen LogP contribution in [0.2, 0.25) is 0 Å². The van der Waals surface area contributed by atoms with E-state index >= 15 is 0 Å². The Labute approximate surface area is 121 Å². The Balaban J connectivity index is 2.05. The fraction of sp³-hybridized carbons (Fsp3) is 1.00. The first-order chi connectivity index (χ1) is 9.99. The predicted octanol–water partition coefficient (Wildman–Crippen LogP) is -4.11. The van der Waals surface area contributed by atoms with E-state index in [2.05, 4.69) is 5.32 Å². The highest BCUT2D eigenvalue weighted by Crippen LogP contribution is 2.25. The van der Waals surface area contributed by atoms with E-state index in [1.54, 1.807) is 0 Å². The minimum absolute atomic E-state index is 0.279. The third-order valence-corrected chi connectivity index (χ3v) is 3.96. The predicted molar refractivity (Wildman–Crippen MR) is 68.1 cm³/mol. The molecule has 0 saturated carbocycles. The molecule has 124 valence electrons. The number of ether oxygens (including phenoxy) is 2. The van der Waals surface area contributed by atoms with Gasteiger partial charge in [0, 0.05) is 0 Å². The Bertz CT molecular complexity index is 330. The van der Waals surface area contributed by atoms with E-state index in [9.17, 15) is 25.5 Å². The lowest BCUT2D eigenvalue weighted by Gasteiger charge is -2.43. The Morgan fingerprint density at radius 2 is 1.71 bits per heavy atom. The molecule has 0 radical (unpaired) electrons. The summed E-state index contributed by atoms with van der Waals surface area (Å²) in [6, 6.07) is -0.541. The van der Waals surface area contributed by atoms with Crippen molar-refractivity contribution in [3.05, 3.63) is 0 Å². The first-order valence-corrected chi connectivity index (χ1v) is 6.98. The van der Waals surface area contributed by atoms with Crippen LogP contribution in [0.5, 0.6) is 0 Å². The van der Waals surface area contributed by atoms with Crippen molar-refractivity contribution < 1.29 is 40.1 Å². The van der Waals surface area contributed by atoms with E-state index in [1.807, 2.05) is 0 Å². The van der Waals surface area contributed by atoms with Crippen molar-refractivity contribution in [3.8, 4) is 0 Å². The van der Waals surface area contributed by atoms with Crippen LogP contribution in [0.1, 0.15) is 6.42 Å². The normalized spacial score (nSPS) is 48.3. The van der Waals surface area contributed by atoms with Crippen molar-refractivity contribution in [2.24, 2.45) is 0 Å². The molecule has 2 heterocycles. The molecule has 21 heavy (non-hydrogen) atoms. The second-order valence-corrected chi connectivity index (χ2v) is 5.40. The van der Waals surface area contributed by atoms with Crippen LogP contribution in [-0.4, -0.2) is 99.4 Å². The van der Waals surface area contributed by atoms with Gasteiger partial charge in [0.15, 0.2) is 6.29 Å². The first-order valence-electron chi connectivity index (χ1n) is 6.98. The van der Waals surface area contributed by atoms with Gasteiger partial charge < -0.3 is 45.4 Å². The number of hydrogen-bond donors (Lipinski definition) is 7. The maximum Gasteiger partial charge on any atom is 0.187 e. The van der Waals surface area contributed by atoms with Gasteiger partial charge in [-0.2, -0.15) is 0 Å². The molecule has 8 atom stereocenters. The van der Waals surface area contributed by atoms with Crippen molar-refractivity contribution >= 4 is 0 Å². The fourth-order valence-corrected chi connectivity index (χ4v) is 2.65. The highest BCUT2D eigenvalue weighted by molar-refractivity contribution is 4.92. The van der Waals surface area contributed by atoms with E-state index in [0.717, 1.165) is 0 Å². The highest BCUT2D eigenvalue weighted by Gasteiger charge is 2.46. The molecule has 0 spiro atoms. The fourth-order valence-electron chi connectivity index (χ4n) is 2.65. The molecule has 2 aliphatic rings. The Hall–Kier alpha value is -0.360. The lowest BCUT2D eigenvalue weighted by molar-refractivity contribution is -0.321. The molecule has 0 amide bonds. The lowest BCUT2D eigenvalue weighted by Crippen LogP contribution is -2.63. The highest BCUT2D eigenvalue weighted by atomic mass is 16.7. The number of piperidine rings is 1. The van der Waals surface area contributed by atoms with E-state index in [-0.39, 0.29) is 6.61 Å². The van der Waals surface area contributed by atoms with E-state index in [4.69, 9.17) is 14.6 Å². The molecule has 2 aliphatic heterocycles. The molecule has 7 N–H and O–H groups in total. The second kappa shape index (κ2) is 7.27. The van der Waals surface area contributed by atoms with Crippen molar-refractivity contribution in [3.63, 3.8) is 0 Å². The SMILES string of the molecule is OCC1NCC[C@@H](O)[C@@H]1O[C@@H]1O[C@H](CO)[C@@H](O)[C@H](O)[C@H]1O. The largest absolute Gasteiger partial charge is 0.395 e. The molecule has 0 aromatic heterocycles. The summed E-state index contributed by atoms with van der Waals surface area (Å²) in [6.07, 6.45) is -8.24. The number of nitrogens with one attached hydrogen (secondary N) is 1. The van der Waals surface area contributed by atoms with Crippen LogP contribution in [0.4, 0.5) is 0 Å². The molecule has 0 aromatic carbocycles. The molecule has 2 saturated heterocycles. The summed E-state index contributed by atoms with van der Waals surface area (Å²) >= 11 is 0. The maximum atomic E-state index is 9.95. The van der Waals surface area contributed by atoms with Gasteiger partial charge in [-0.05, 0) is 13.0 Å². The molecule has 2 rings (SSSR count). The van der Waals surface area contributed by atoms with Crippen molar-refractivity contribution in [1.29, 1.82) is 0 Å². The third-order valence-electron chi connectivity index (χ3n) is 3.96. The lowest BCUT2D eigenvalue weighted by atomic mass is 9.97. The van der Waals surface area contributed by atoms with E-state index in [1.165, 1.54) is 0 Å². The zero-order valence-corrected chi connectivity index (χ0v) is 11.4. The Morgan fingerprint density at radius 1 is 1.00 bits per heavy atom. The maximum absolute atomic E-state index is 9.95. The van der Waals surface area contributed by atoms with Gasteiger partial charge in [0.1, 0.15) is 30.5 Å². The Kier molecular flexibility index (Phi) is 5.88. The average Bonchev–Trinajstić information content (AvgIpc) is 2.49. The van der Waals surface area contributed by atoms with Crippen LogP contribution in [0.3, 0.4) is 0 Å². The molecular formula is C12H23NO8. The minimum atomic E-state index is -1.54. The van der Waals surface area contributed by atoms with Crippen LogP contribution in [0, 0.1) is 0 Å². The van der Waals surface area contributed by atoms with Gasteiger partial charge in [0.25, 0.3) is 0 Å². The second-order valence-electron chi connectivity index (χ2n) is 5.40. The van der Waals surface area contributed by atoms with Gasteiger partial charge in [-0.25, -0.2) is 0 Å². The van der Waals surface area contributed by atoms with E-state index in [0.29, 0.717) is 13.0 Å². The Morgan fingerprint density at radius 3 is 2.33 bits per heavy atom. The topological polar surface area (TPSA) is 152 Å². The van der Waals surface area contributed by atoms with Crippen molar-refractivity contribution in [2.45, 2.75) is 55.4 Å². The van der Waals surface area contributed by atoms with Gasteiger partial charge >= 0.3 is 0 Å². The van der Waals surface area contributed by atoms with Gasteiger partial charge in [-0.15, -0.1) is 0 Å². The first kappa shape index (κ1) is 17.0. The summed E-state index contributed by atoms with van der Waals surface area (Å²) in [7, 11) is 0. The zero-order chi connectivity index (χ0) is 15.6. The number of hydrogen-bond acceptors (Lipinski definition) is 9. The summed E-state index contributed by atoms with van der Waals surface area (Å²) in [5.41, 5.74) is 0. The van der Waals surface area contributed by atoms with Crippen LogP contribution in [0.25, 0.3) is 0 Å². The molecule has 0 aromatic rings. The van der Waals surface area contributed by atoms with Gasteiger partial charge in [0.2, 0.25) is 0 Å². The van der Waals surface area contributed by atoms with Crippen molar-refractivity contribution in [2.75, 3.05) is 19.8 Å². The molecule has 9 heteroatoms. The molecule has 2 fully saturated rings. The monoisotopic (exact) mass is 309 g/mol. The standard InChI is InChI=1S/C12H23NO8/c14-3-5-11(6(16)1-2-13-5)21-12-10(19)9(18)8(17)7(4-15)20-12/h5-19H,1-4H2/t5?,6-,7-,8-,9+,10-,11-,12+/m1/s1.